The van der Waals surface area contributed by atoms with Gasteiger partial charge in [0.25, 0.3) is 11.5 Å². The van der Waals surface area contributed by atoms with Crippen LogP contribution in [0.15, 0.2) is 65.6 Å². The van der Waals surface area contributed by atoms with E-state index in [0.717, 1.165) is 18.4 Å². The minimum absolute atomic E-state index is 0.0676. The van der Waals surface area contributed by atoms with Crippen LogP contribution in [-0.2, 0) is 26.5 Å². The largest absolute Gasteiger partial charge is 0.491 e. The smallest absolute Gasteiger partial charge is 0.297 e. The number of hydrogen-bond acceptors (Lipinski definition) is 6. The Morgan fingerprint density at radius 3 is 2.59 bits per heavy atom. The first-order valence-corrected chi connectivity index (χ1v) is 19.0. The van der Waals surface area contributed by atoms with Crippen LogP contribution in [-0.4, -0.2) is 67.2 Å². The van der Waals surface area contributed by atoms with E-state index in [1.165, 1.54) is 11.7 Å². The lowest BCUT2D eigenvalue weighted by molar-refractivity contribution is -0.150. The van der Waals surface area contributed by atoms with Crippen molar-refractivity contribution in [1.29, 1.82) is 0 Å². The Kier molecular flexibility index (Phi) is 8.64. The Morgan fingerprint density at radius 2 is 1.91 bits per heavy atom. The van der Waals surface area contributed by atoms with Crippen molar-refractivity contribution in [2.24, 2.45) is 5.92 Å². The van der Waals surface area contributed by atoms with Crippen molar-refractivity contribution >= 4 is 37.5 Å². The van der Waals surface area contributed by atoms with Gasteiger partial charge < -0.3 is 28.5 Å². The van der Waals surface area contributed by atoms with Gasteiger partial charge in [-0.1, -0.05) is 30.7 Å². The number of rotatable bonds is 8. The molecule has 1 N–H and O–H groups in total. The summed E-state index contributed by atoms with van der Waals surface area (Å²) in [4.78, 5) is 44.2. The van der Waals surface area contributed by atoms with Crippen LogP contribution >= 0.6 is 11.6 Å². The number of nitrogens with zero attached hydrogens (tertiary/aromatic N) is 3. The lowest BCUT2D eigenvalue weighted by atomic mass is 9.82. The number of carbonyl (C=O) groups is 2. The van der Waals surface area contributed by atoms with E-state index < -0.39 is 31.6 Å². The number of hydrogen-bond donors (Lipinski definition) is 1. The van der Waals surface area contributed by atoms with E-state index in [9.17, 15) is 19.5 Å². The van der Waals surface area contributed by atoms with Gasteiger partial charge in [0.2, 0.25) is 14.3 Å². The van der Waals surface area contributed by atoms with Crippen LogP contribution < -0.4 is 15.2 Å². The Bertz CT molecular complexity index is 1710. The molecule has 9 nitrogen and oxygen atoms in total. The van der Waals surface area contributed by atoms with Crippen molar-refractivity contribution in [1.82, 2.24) is 9.47 Å². The molecule has 2 amide bonds. The lowest BCUT2D eigenvalue weighted by Gasteiger charge is -2.31. The maximum Gasteiger partial charge on any atom is 0.297 e. The molecule has 0 unspecified atom stereocenters. The number of ether oxygens (including phenoxy) is 2. The molecule has 0 bridgehead atoms. The van der Waals surface area contributed by atoms with E-state index in [2.05, 4.69) is 0 Å². The molecule has 2 saturated heterocycles. The predicted molar refractivity (Wildman–Crippen MR) is 176 cm³/mol. The molecule has 2 aromatic carbocycles. The van der Waals surface area contributed by atoms with Gasteiger partial charge in [0.05, 0.1) is 44.5 Å². The number of aromatic nitrogens is 1. The highest BCUT2D eigenvalue weighted by atomic mass is 35.5. The summed E-state index contributed by atoms with van der Waals surface area (Å²) < 4.78 is 29.6. The van der Waals surface area contributed by atoms with Gasteiger partial charge in [0, 0.05) is 40.5 Å². The zero-order valence-electron chi connectivity index (χ0n) is 26.4. The minimum atomic E-state index is -3.47. The molecule has 0 radical (unpaired) electrons. The number of methoxy groups -OCH3 is 1. The number of halogens is 2. The number of pyridine rings is 1. The molecular weight excluding hydrogens is 629 g/mol. The molecule has 0 saturated carbocycles. The van der Waals surface area contributed by atoms with Crippen LogP contribution in [0.4, 0.5) is 9.80 Å². The molecule has 6 rings (SSSR count). The van der Waals surface area contributed by atoms with Gasteiger partial charge in [-0.15, -0.1) is 0 Å². The van der Waals surface area contributed by atoms with E-state index in [1.54, 1.807) is 71.6 Å². The maximum absolute atomic E-state index is 16.2. The second kappa shape index (κ2) is 12.3. The summed E-state index contributed by atoms with van der Waals surface area (Å²) in [5.74, 6) is -0.857. The van der Waals surface area contributed by atoms with E-state index in [4.69, 9.17) is 21.1 Å². The fourth-order valence-electron chi connectivity index (χ4n) is 7.80. The SMILES string of the molecule is COc1cccn(-c2ccc(CN3C(=O)[C@]4(O[C@H](CC(=O)N5CCC[C@H]5CO)[C@@H]([Si](C)(C)F)[C@@H]4C)c4cc(Cl)ccc43)cc2)c1=O. The monoisotopic (exact) mass is 667 g/mol. The molecule has 3 aliphatic heterocycles. The Balaban J connectivity index is 1.33. The van der Waals surface area contributed by atoms with Crippen molar-refractivity contribution in [3.63, 3.8) is 0 Å². The topological polar surface area (TPSA) is 101 Å². The van der Waals surface area contributed by atoms with Gasteiger partial charge in [0.15, 0.2) is 11.4 Å². The number of anilines is 1. The van der Waals surface area contributed by atoms with Crippen LogP contribution in [0.1, 0.15) is 37.3 Å². The molecule has 3 aromatic rings. The van der Waals surface area contributed by atoms with Crippen LogP contribution in [0.5, 0.6) is 5.75 Å². The molecule has 46 heavy (non-hydrogen) atoms. The molecule has 0 aliphatic carbocycles. The Hall–Kier alpha value is -3.51. The zero-order chi connectivity index (χ0) is 33.0. The quantitative estimate of drug-likeness (QED) is 0.262. The summed E-state index contributed by atoms with van der Waals surface area (Å²) in [7, 11) is -2.02. The van der Waals surface area contributed by atoms with E-state index in [1.807, 2.05) is 19.1 Å². The number of aliphatic hydroxyl groups is 1. The summed E-state index contributed by atoms with van der Waals surface area (Å²) >= 11 is 6.49. The van der Waals surface area contributed by atoms with Crippen molar-refractivity contribution in [3.8, 4) is 11.4 Å². The summed E-state index contributed by atoms with van der Waals surface area (Å²) in [5, 5.41) is 10.2. The van der Waals surface area contributed by atoms with Gasteiger partial charge in [0.1, 0.15) is 0 Å². The standard InChI is InChI=1S/C34H39ClFN3O6Si/c1-21-31(46(3,4)36)29(18-30(41)37-15-5-7-25(37)20-40)45-34(21)26-17-23(35)11-14-27(26)39(33(34)43)19-22-9-12-24(13-10-22)38-16-6-8-28(44-2)32(38)42/h6,8-14,16-17,21,25,29,31,40H,5,7,15,18-20H2,1-4H3/t21-,25-,29+,31-,34+/m0/s1. The Morgan fingerprint density at radius 1 is 1.17 bits per heavy atom. The highest BCUT2D eigenvalue weighted by Gasteiger charge is 2.67. The summed E-state index contributed by atoms with van der Waals surface area (Å²) in [5.41, 5.74) is 0.214. The second-order valence-corrected chi connectivity index (χ2v) is 17.2. The first-order valence-electron chi connectivity index (χ1n) is 15.6. The van der Waals surface area contributed by atoms with Crippen LogP contribution in [0.3, 0.4) is 0 Å². The zero-order valence-corrected chi connectivity index (χ0v) is 28.2. The van der Waals surface area contributed by atoms with Crippen molar-refractivity contribution < 1.29 is 28.3 Å². The van der Waals surface area contributed by atoms with Crippen molar-refractivity contribution in [2.75, 3.05) is 25.2 Å². The molecule has 3 aliphatic rings. The second-order valence-electron chi connectivity index (χ2n) is 13.0. The summed E-state index contributed by atoms with van der Waals surface area (Å²) in [6.45, 7) is 5.67. The molecule has 1 spiro atoms. The van der Waals surface area contributed by atoms with Gasteiger partial charge in [-0.05, 0) is 74.0 Å². The van der Waals surface area contributed by atoms with Gasteiger partial charge >= 0.3 is 0 Å². The maximum atomic E-state index is 16.2. The van der Waals surface area contributed by atoms with Crippen molar-refractivity contribution in [2.45, 2.75) is 69.1 Å². The third-order valence-corrected chi connectivity index (χ3v) is 12.6. The molecule has 1 aromatic heterocycles. The number of amides is 2. The van der Waals surface area contributed by atoms with E-state index in [-0.39, 0.29) is 48.7 Å². The van der Waals surface area contributed by atoms with Crippen LogP contribution in [0, 0.1) is 5.92 Å². The number of benzene rings is 2. The molecule has 244 valence electrons. The fourth-order valence-corrected chi connectivity index (χ4v) is 10.5. The number of likely N-dealkylation sites (tertiary alicyclic amines) is 1. The van der Waals surface area contributed by atoms with E-state index in [0.29, 0.717) is 28.5 Å². The fraction of sp³-hybridized carbons (Fsp3) is 0.441. The third kappa shape index (κ3) is 5.36. The lowest BCUT2D eigenvalue weighted by Crippen LogP contribution is -2.45. The van der Waals surface area contributed by atoms with Crippen LogP contribution in [0.25, 0.3) is 5.69 Å². The molecule has 2 fully saturated rings. The summed E-state index contributed by atoms with van der Waals surface area (Å²) in [6, 6.07) is 15.6. The van der Waals surface area contributed by atoms with Crippen LogP contribution in [0.2, 0.25) is 23.7 Å². The highest BCUT2D eigenvalue weighted by Crippen LogP contribution is 2.60. The number of fused-ring (bicyclic) bond motifs is 2. The van der Waals surface area contributed by atoms with Gasteiger partial charge in [-0.25, -0.2) is 0 Å². The first kappa shape index (κ1) is 32.4. The average molecular weight is 668 g/mol. The number of aliphatic hydroxyl groups excluding tert-OH is 1. The van der Waals surface area contributed by atoms with Crippen molar-refractivity contribution in [3.05, 3.63) is 87.3 Å². The number of carbonyl (C=O) groups excluding carboxylic acids is 2. The molecule has 12 heteroatoms. The van der Waals surface area contributed by atoms with Gasteiger partial charge in [-0.3, -0.25) is 19.0 Å². The molecule has 4 heterocycles. The molecule has 5 atom stereocenters. The average Bonchev–Trinajstić information content (AvgIpc) is 3.68. The Labute approximate surface area is 273 Å². The third-order valence-electron chi connectivity index (χ3n) is 9.89. The minimum Gasteiger partial charge on any atom is -0.491 e. The predicted octanol–water partition coefficient (Wildman–Crippen LogP) is 5.19. The molecular formula is C34H39ClFN3O6Si. The first-order chi connectivity index (χ1) is 21.9. The summed E-state index contributed by atoms with van der Waals surface area (Å²) in [6.07, 6.45) is 2.30. The van der Waals surface area contributed by atoms with Gasteiger partial charge in [-0.2, -0.15) is 0 Å². The van der Waals surface area contributed by atoms with E-state index >= 15 is 4.11 Å². The normalized spacial score (nSPS) is 25.8. The highest BCUT2D eigenvalue weighted by molar-refractivity contribution is 6.72.